The topological polar surface area (TPSA) is 12.0 Å². The number of hydrogen-bond donors (Lipinski definition) is 1. The molecule has 1 fully saturated rings. The lowest BCUT2D eigenvalue weighted by Gasteiger charge is -2.40. The molecule has 4 atom stereocenters. The summed E-state index contributed by atoms with van der Waals surface area (Å²) >= 11 is 0. The molecule has 3 rings (SSSR count). The van der Waals surface area contributed by atoms with Crippen molar-refractivity contribution in [3.05, 3.63) is 47.0 Å². The van der Waals surface area contributed by atoms with Gasteiger partial charge in [-0.15, -0.1) is 0 Å². The van der Waals surface area contributed by atoms with E-state index in [9.17, 15) is 0 Å². The number of allylic oxidation sites excluding steroid dienone is 2. The van der Waals surface area contributed by atoms with Gasteiger partial charge in [-0.25, -0.2) is 0 Å². The lowest BCUT2D eigenvalue weighted by molar-refractivity contribution is 0.194. The summed E-state index contributed by atoms with van der Waals surface area (Å²) < 4.78 is 0. The van der Waals surface area contributed by atoms with Gasteiger partial charge in [0.1, 0.15) is 0 Å². The molecule has 1 aliphatic carbocycles. The highest BCUT2D eigenvalue weighted by molar-refractivity contribution is 5.27. The highest BCUT2D eigenvalue weighted by Gasteiger charge is 2.34. The molecule has 0 radical (unpaired) electrons. The number of piperidine rings is 1. The van der Waals surface area contributed by atoms with Crippen LogP contribution in [0.3, 0.4) is 0 Å². The summed E-state index contributed by atoms with van der Waals surface area (Å²) in [6.07, 6.45) is 6.52. The van der Waals surface area contributed by atoms with Crippen molar-refractivity contribution >= 4 is 0 Å². The highest BCUT2D eigenvalue weighted by Crippen LogP contribution is 2.42. The van der Waals surface area contributed by atoms with E-state index < -0.39 is 0 Å². The van der Waals surface area contributed by atoms with Gasteiger partial charge in [0.15, 0.2) is 0 Å². The van der Waals surface area contributed by atoms with Crippen molar-refractivity contribution in [3.63, 3.8) is 0 Å². The smallest absolute Gasteiger partial charge is 0.00229 e. The van der Waals surface area contributed by atoms with Crippen LogP contribution in [0, 0.1) is 24.7 Å². The van der Waals surface area contributed by atoms with E-state index in [0.29, 0.717) is 5.92 Å². The summed E-state index contributed by atoms with van der Waals surface area (Å²) in [7, 11) is 0. The number of aryl methyl sites for hydroxylation is 1. The minimum atomic E-state index is 0.696. The number of nitrogens with one attached hydrogen (secondary N) is 1. The Labute approximate surface area is 129 Å². The quantitative estimate of drug-likeness (QED) is 0.777. The maximum Gasteiger partial charge on any atom is 0.00229 e. The molecular weight excluding hydrogens is 254 g/mol. The predicted octanol–water partition coefficient (Wildman–Crippen LogP) is 4.68. The van der Waals surface area contributed by atoms with Crippen molar-refractivity contribution in [1.29, 1.82) is 0 Å². The maximum atomic E-state index is 3.63. The fourth-order valence-corrected chi connectivity index (χ4v) is 4.63. The number of rotatable bonds is 2. The zero-order valence-electron chi connectivity index (χ0n) is 13.7. The SMILES string of the molecule is CC1=CC(C)CC(C2CCNCC2c2cccc(C)c2)C1. The Morgan fingerprint density at radius 2 is 2.05 bits per heavy atom. The Morgan fingerprint density at radius 1 is 1.19 bits per heavy atom. The van der Waals surface area contributed by atoms with Crippen LogP contribution in [0.15, 0.2) is 35.9 Å². The van der Waals surface area contributed by atoms with Gasteiger partial charge in [0.2, 0.25) is 0 Å². The van der Waals surface area contributed by atoms with E-state index in [4.69, 9.17) is 0 Å². The standard InChI is InChI=1S/C20H29N/c1-14-5-4-6-17(10-14)20-13-21-8-7-19(20)18-11-15(2)9-16(3)12-18/h4-6,9-10,15,18-21H,7-8,11-13H2,1-3H3. The third kappa shape index (κ3) is 3.40. The van der Waals surface area contributed by atoms with Crippen molar-refractivity contribution < 1.29 is 0 Å². The fraction of sp³-hybridized carbons (Fsp3) is 0.600. The van der Waals surface area contributed by atoms with Gasteiger partial charge in [-0.3, -0.25) is 0 Å². The van der Waals surface area contributed by atoms with Gasteiger partial charge in [-0.05, 0) is 68.9 Å². The fourth-order valence-electron chi connectivity index (χ4n) is 4.63. The molecule has 1 heteroatoms. The molecule has 1 aromatic carbocycles. The van der Waals surface area contributed by atoms with Crippen LogP contribution in [0.1, 0.15) is 50.2 Å². The molecule has 0 bridgehead atoms. The Bertz CT molecular complexity index is 516. The van der Waals surface area contributed by atoms with Crippen molar-refractivity contribution in [2.75, 3.05) is 13.1 Å². The van der Waals surface area contributed by atoms with Crippen LogP contribution in [0.5, 0.6) is 0 Å². The molecule has 1 heterocycles. The molecule has 1 aromatic rings. The van der Waals surface area contributed by atoms with E-state index in [1.54, 1.807) is 11.1 Å². The second-order valence-corrected chi connectivity index (χ2v) is 7.37. The average molecular weight is 283 g/mol. The second-order valence-electron chi connectivity index (χ2n) is 7.37. The molecule has 1 N–H and O–H groups in total. The molecule has 0 spiro atoms. The summed E-state index contributed by atoms with van der Waals surface area (Å²) in [5.41, 5.74) is 4.55. The molecule has 1 saturated heterocycles. The van der Waals surface area contributed by atoms with Crippen LogP contribution >= 0.6 is 0 Å². The van der Waals surface area contributed by atoms with Crippen molar-refractivity contribution in [3.8, 4) is 0 Å². The van der Waals surface area contributed by atoms with Gasteiger partial charge >= 0.3 is 0 Å². The third-order valence-corrected chi connectivity index (χ3v) is 5.44. The van der Waals surface area contributed by atoms with E-state index >= 15 is 0 Å². The monoisotopic (exact) mass is 283 g/mol. The normalized spacial score (nSPS) is 33.6. The first kappa shape index (κ1) is 14.8. The van der Waals surface area contributed by atoms with Gasteiger partial charge in [-0.1, -0.05) is 48.4 Å². The van der Waals surface area contributed by atoms with Crippen LogP contribution in [0.4, 0.5) is 0 Å². The van der Waals surface area contributed by atoms with Gasteiger partial charge in [-0.2, -0.15) is 0 Å². The molecule has 1 aliphatic heterocycles. The zero-order valence-corrected chi connectivity index (χ0v) is 13.7. The van der Waals surface area contributed by atoms with E-state index in [1.807, 2.05) is 0 Å². The zero-order chi connectivity index (χ0) is 14.8. The molecular formula is C20H29N. The molecule has 21 heavy (non-hydrogen) atoms. The first-order valence-corrected chi connectivity index (χ1v) is 8.58. The van der Waals surface area contributed by atoms with E-state index in [-0.39, 0.29) is 0 Å². The Morgan fingerprint density at radius 3 is 2.81 bits per heavy atom. The minimum absolute atomic E-state index is 0.696. The van der Waals surface area contributed by atoms with Crippen molar-refractivity contribution in [2.45, 2.75) is 46.0 Å². The van der Waals surface area contributed by atoms with E-state index in [0.717, 1.165) is 24.3 Å². The van der Waals surface area contributed by atoms with Gasteiger partial charge < -0.3 is 5.32 Å². The van der Waals surface area contributed by atoms with Crippen LogP contribution < -0.4 is 5.32 Å². The minimum Gasteiger partial charge on any atom is -0.316 e. The van der Waals surface area contributed by atoms with Crippen LogP contribution in [0.25, 0.3) is 0 Å². The Balaban J connectivity index is 1.83. The Kier molecular flexibility index (Phi) is 4.49. The molecule has 114 valence electrons. The average Bonchev–Trinajstić information content (AvgIpc) is 2.46. The lowest BCUT2D eigenvalue weighted by Crippen LogP contribution is -2.39. The molecule has 0 saturated carbocycles. The van der Waals surface area contributed by atoms with Gasteiger partial charge in [0.25, 0.3) is 0 Å². The first-order valence-electron chi connectivity index (χ1n) is 8.58. The summed E-state index contributed by atoms with van der Waals surface area (Å²) in [6, 6.07) is 9.18. The summed E-state index contributed by atoms with van der Waals surface area (Å²) in [5, 5.41) is 3.63. The maximum absolute atomic E-state index is 3.63. The molecule has 1 nitrogen and oxygen atoms in total. The summed E-state index contributed by atoms with van der Waals surface area (Å²) in [5.74, 6) is 3.18. The van der Waals surface area contributed by atoms with Crippen molar-refractivity contribution in [2.24, 2.45) is 17.8 Å². The molecule has 0 amide bonds. The lowest BCUT2D eigenvalue weighted by atomic mass is 9.67. The summed E-state index contributed by atoms with van der Waals surface area (Å²) in [6.45, 7) is 9.27. The molecule has 2 aliphatic rings. The van der Waals surface area contributed by atoms with Gasteiger partial charge in [0, 0.05) is 6.54 Å². The largest absolute Gasteiger partial charge is 0.316 e. The Hall–Kier alpha value is -1.08. The van der Waals surface area contributed by atoms with Crippen LogP contribution in [-0.4, -0.2) is 13.1 Å². The number of benzene rings is 1. The van der Waals surface area contributed by atoms with E-state index in [1.165, 1.54) is 31.4 Å². The first-order chi connectivity index (χ1) is 10.1. The molecule has 4 unspecified atom stereocenters. The number of hydrogen-bond acceptors (Lipinski definition) is 1. The van der Waals surface area contributed by atoms with Gasteiger partial charge in [0.05, 0.1) is 0 Å². The summed E-state index contributed by atoms with van der Waals surface area (Å²) in [4.78, 5) is 0. The van der Waals surface area contributed by atoms with E-state index in [2.05, 4.69) is 56.4 Å². The van der Waals surface area contributed by atoms with Crippen LogP contribution in [0.2, 0.25) is 0 Å². The molecule has 0 aromatic heterocycles. The van der Waals surface area contributed by atoms with Crippen LogP contribution in [-0.2, 0) is 0 Å². The highest BCUT2D eigenvalue weighted by atomic mass is 14.9. The third-order valence-electron chi connectivity index (χ3n) is 5.44. The second kappa shape index (κ2) is 6.36. The predicted molar refractivity (Wildman–Crippen MR) is 90.5 cm³/mol. The van der Waals surface area contributed by atoms with Crippen molar-refractivity contribution in [1.82, 2.24) is 5.32 Å².